The van der Waals surface area contributed by atoms with Crippen LogP contribution in [0.2, 0.25) is 0 Å². The number of carbonyl (C=O) groups excluding carboxylic acids is 1. The molecule has 0 heterocycles. The van der Waals surface area contributed by atoms with Crippen molar-refractivity contribution in [1.82, 2.24) is 0 Å². The SMILES string of the molecule is C=C(C=O)/C=C\c1cc2c(cc1N)C2. The maximum atomic E-state index is 10.3. The number of hydrogen-bond acceptors (Lipinski definition) is 2. The first-order valence-electron chi connectivity index (χ1n) is 4.44. The van der Waals surface area contributed by atoms with E-state index in [0.29, 0.717) is 5.57 Å². The van der Waals surface area contributed by atoms with E-state index in [1.807, 2.05) is 12.1 Å². The lowest BCUT2D eigenvalue weighted by molar-refractivity contribution is -0.104. The summed E-state index contributed by atoms with van der Waals surface area (Å²) in [7, 11) is 0. The zero-order valence-corrected chi connectivity index (χ0v) is 7.79. The summed E-state index contributed by atoms with van der Waals surface area (Å²) >= 11 is 0. The van der Waals surface area contributed by atoms with E-state index in [4.69, 9.17) is 5.73 Å². The molecule has 1 aromatic carbocycles. The van der Waals surface area contributed by atoms with Crippen molar-refractivity contribution in [1.29, 1.82) is 0 Å². The van der Waals surface area contributed by atoms with E-state index >= 15 is 0 Å². The Morgan fingerprint density at radius 2 is 2.14 bits per heavy atom. The van der Waals surface area contributed by atoms with Crippen LogP contribution in [-0.2, 0) is 11.2 Å². The predicted octanol–water partition coefficient (Wildman–Crippen LogP) is 1.94. The molecule has 2 N–H and O–H groups in total. The molecule has 1 aliphatic rings. The highest BCUT2D eigenvalue weighted by Crippen LogP contribution is 2.32. The second-order valence-electron chi connectivity index (χ2n) is 3.45. The van der Waals surface area contributed by atoms with Crippen molar-refractivity contribution in [3.63, 3.8) is 0 Å². The van der Waals surface area contributed by atoms with Gasteiger partial charge >= 0.3 is 0 Å². The van der Waals surface area contributed by atoms with Crippen molar-refractivity contribution in [2.75, 3.05) is 5.73 Å². The second-order valence-corrected chi connectivity index (χ2v) is 3.45. The lowest BCUT2D eigenvalue weighted by Gasteiger charge is -1.97. The molecular weight excluding hydrogens is 174 g/mol. The maximum Gasteiger partial charge on any atom is 0.149 e. The van der Waals surface area contributed by atoms with Crippen molar-refractivity contribution in [2.45, 2.75) is 6.42 Å². The zero-order valence-electron chi connectivity index (χ0n) is 7.79. The van der Waals surface area contributed by atoms with Crippen LogP contribution in [0.3, 0.4) is 0 Å². The van der Waals surface area contributed by atoms with Gasteiger partial charge in [-0.25, -0.2) is 0 Å². The number of benzene rings is 1. The summed E-state index contributed by atoms with van der Waals surface area (Å²) in [4.78, 5) is 10.3. The van der Waals surface area contributed by atoms with E-state index in [0.717, 1.165) is 24.0 Å². The Morgan fingerprint density at radius 3 is 2.86 bits per heavy atom. The lowest BCUT2D eigenvalue weighted by Crippen LogP contribution is -1.87. The Bertz CT molecular complexity index is 444. The van der Waals surface area contributed by atoms with Crippen LogP contribution >= 0.6 is 0 Å². The first-order valence-corrected chi connectivity index (χ1v) is 4.44. The average Bonchev–Trinajstić information content (AvgIpc) is 2.91. The number of nitrogens with two attached hydrogens (primary N) is 1. The Balaban J connectivity index is 2.25. The number of nitrogen functional groups attached to an aromatic ring is 1. The molecule has 2 rings (SSSR count). The van der Waals surface area contributed by atoms with E-state index in [1.54, 1.807) is 6.08 Å². The number of rotatable bonds is 3. The van der Waals surface area contributed by atoms with Crippen LogP contribution in [0.15, 0.2) is 30.4 Å². The molecule has 14 heavy (non-hydrogen) atoms. The summed E-state index contributed by atoms with van der Waals surface area (Å²) < 4.78 is 0. The van der Waals surface area contributed by atoms with E-state index in [2.05, 4.69) is 12.6 Å². The lowest BCUT2D eigenvalue weighted by atomic mass is 10.1. The molecule has 0 saturated heterocycles. The number of fused-ring (bicyclic) bond motifs is 1. The minimum absolute atomic E-state index is 0.453. The summed E-state index contributed by atoms with van der Waals surface area (Å²) in [5, 5.41) is 0. The molecule has 0 aliphatic heterocycles. The van der Waals surface area contributed by atoms with Gasteiger partial charge in [0.2, 0.25) is 0 Å². The average molecular weight is 185 g/mol. The molecule has 1 aliphatic carbocycles. The van der Waals surface area contributed by atoms with Crippen molar-refractivity contribution in [2.24, 2.45) is 0 Å². The van der Waals surface area contributed by atoms with Crippen LogP contribution in [0.1, 0.15) is 16.7 Å². The van der Waals surface area contributed by atoms with E-state index in [-0.39, 0.29) is 0 Å². The number of hydrogen-bond donors (Lipinski definition) is 1. The highest BCUT2D eigenvalue weighted by atomic mass is 16.1. The zero-order chi connectivity index (χ0) is 10.1. The Kier molecular flexibility index (Phi) is 1.97. The van der Waals surface area contributed by atoms with Gasteiger partial charge in [0.1, 0.15) is 6.29 Å². The summed E-state index contributed by atoms with van der Waals surface area (Å²) in [6, 6.07) is 4.04. The third-order valence-corrected chi connectivity index (χ3v) is 2.29. The van der Waals surface area contributed by atoms with Crippen molar-refractivity contribution >= 4 is 18.0 Å². The van der Waals surface area contributed by atoms with Gasteiger partial charge in [-0.2, -0.15) is 0 Å². The van der Waals surface area contributed by atoms with Crippen LogP contribution in [-0.4, -0.2) is 6.29 Å². The molecule has 0 bridgehead atoms. The highest BCUT2D eigenvalue weighted by Gasteiger charge is 2.17. The van der Waals surface area contributed by atoms with E-state index < -0.39 is 0 Å². The van der Waals surface area contributed by atoms with Gasteiger partial charge in [-0.05, 0) is 35.2 Å². The van der Waals surface area contributed by atoms with Crippen LogP contribution < -0.4 is 5.73 Å². The third kappa shape index (κ3) is 1.59. The minimum atomic E-state index is 0.453. The van der Waals surface area contributed by atoms with Crippen LogP contribution in [0.5, 0.6) is 0 Å². The number of allylic oxidation sites excluding steroid dienone is 2. The number of anilines is 1. The monoisotopic (exact) mass is 185 g/mol. The Labute approximate surface area is 82.7 Å². The molecule has 0 fully saturated rings. The smallest absolute Gasteiger partial charge is 0.149 e. The van der Waals surface area contributed by atoms with Crippen molar-refractivity contribution < 1.29 is 4.79 Å². The maximum absolute atomic E-state index is 10.3. The third-order valence-electron chi connectivity index (χ3n) is 2.29. The highest BCUT2D eigenvalue weighted by molar-refractivity contribution is 5.80. The summed E-state index contributed by atoms with van der Waals surface area (Å²) in [6.07, 6.45) is 5.27. The first-order chi connectivity index (χ1) is 6.70. The van der Waals surface area contributed by atoms with Crippen molar-refractivity contribution in [3.05, 3.63) is 47.1 Å². The fraction of sp³-hybridized carbons (Fsp3) is 0.0833. The van der Waals surface area contributed by atoms with Gasteiger partial charge in [-0.15, -0.1) is 0 Å². The van der Waals surface area contributed by atoms with Gasteiger partial charge in [0.05, 0.1) is 0 Å². The number of carbonyl (C=O) groups is 1. The summed E-state index contributed by atoms with van der Waals surface area (Å²) in [6.45, 7) is 3.56. The normalized spacial score (nSPS) is 12.6. The largest absolute Gasteiger partial charge is 0.398 e. The standard InChI is InChI=1S/C12H11NO/c1-8(7-14)2-3-9-4-10-5-11(10)6-12(9)13/h2-4,6-7H,1,5,13H2/b3-2-. The van der Waals surface area contributed by atoms with Gasteiger partial charge in [0.15, 0.2) is 0 Å². The molecule has 1 aromatic rings. The quantitative estimate of drug-likeness (QED) is 0.343. The van der Waals surface area contributed by atoms with Gasteiger partial charge in [0, 0.05) is 11.3 Å². The summed E-state index contributed by atoms with van der Waals surface area (Å²) in [5.41, 5.74) is 10.7. The molecule has 0 aromatic heterocycles. The van der Waals surface area contributed by atoms with Crippen LogP contribution in [0, 0.1) is 0 Å². The molecule has 0 atom stereocenters. The van der Waals surface area contributed by atoms with Crippen LogP contribution in [0.4, 0.5) is 5.69 Å². The Morgan fingerprint density at radius 1 is 1.43 bits per heavy atom. The topological polar surface area (TPSA) is 43.1 Å². The first kappa shape index (κ1) is 8.75. The fourth-order valence-corrected chi connectivity index (χ4v) is 1.37. The minimum Gasteiger partial charge on any atom is -0.398 e. The van der Waals surface area contributed by atoms with Gasteiger partial charge in [-0.1, -0.05) is 18.7 Å². The second kappa shape index (κ2) is 3.14. The molecule has 0 spiro atoms. The molecule has 2 nitrogen and oxygen atoms in total. The molecule has 0 radical (unpaired) electrons. The van der Waals surface area contributed by atoms with Gasteiger partial charge in [-0.3, -0.25) is 4.79 Å². The molecular formula is C12H11NO. The fourth-order valence-electron chi connectivity index (χ4n) is 1.37. The van der Waals surface area contributed by atoms with E-state index in [1.165, 1.54) is 11.1 Å². The molecule has 0 saturated carbocycles. The molecule has 2 heteroatoms. The molecule has 0 unspecified atom stereocenters. The predicted molar refractivity (Wildman–Crippen MR) is 57.9 cm³/mol. The molecule has 0 amide bonds. The molecule has 70 valence electrons. The van der Waals surface area contributed by atoms with Crippen molar-refractivity contribution in [3.8, 4) is 0 Å². The van der Waals surface area contributed by atoms with E-state index in [9.17, 15) is 4.79 Å². The number of aldehydes is 1. The van der Waals surface area contributed by atoms with Gasteiger partial charge < -0.3 is 5.73 Å². The summed E-state index contributed by atoms with van der Waals surface area (Å²) in [5.74, 6) is 0. The Hall–Kier alpha value is -1.83. The van der Waals surface area contributed by atoms with Gasteiger partial charge in [0.25, 0.3) is 0 Å². The van der Waals surface area contributed by atoms with Crippen LogP contribution in [0.25, 0.3) is 6.08 Å².